The zero-order valence-corrected chi connectivity index (χ0v) is 21.9. The molecule has 0 N–H and O–H groups in total. The van der Waals surface area contributed by atoms with E-state index in [-0.39, 0.29) is 33.6 Å². The first-order valence-electron chi connectivity index (χ1n) is 16.0. The Balaban J connectivity index is 1.32. The second kappa shape index (κ2) is 8.43. The average molecular weight is 486 g/mol. The van der Waals surface area contributed by atoms with Crippen molar-refractivity contribution in [3.63, 3.8) is 0 Å². The minimum Gasteiger partial charge on any atom is -0.437 e. The minimum absolute atomic E-state index is 0.00631. The summed E-state index contributed by atoms with van der Waals surface area (Å²) in [6.45, 7) is 7.44. The maximum Gasteiger partial charge on any atom is 0.227 e. The Morgan fingerprint density at radius 3 is 2.50 bits per heavy atom. The number of furan rings is 1. The van der Waals surface area contributed by atoms with Crippen LogP contribution >= 0.6 is 0 Å². The van der Waals surface area contributed by atoms with E-state index in [1.165, 1.54) is 25.3 Å². The molecule has 3 heteroatoms. The quantitative estimate of drug-likeness (QED) is 0.290. The van der Waals surface area contributed by atoms with E-state index in [0.29, 0.717) is 16.8 Å². The Labute approximate surface area is 222 Å². The largest absolute Gasteiger partial charge is 0.437 e. The first kappa shape index (κ1) is 18.5. The lowest BCUT2D eigenvalue weighted by Crippen LogP contribution is -2.53. The van der Waals surface area contributed by atoms with Crippen LogP contribution in [-0.2, 0) is 6.37 Å². The number of para-hydroxylation sites is 1. The lowest BCUT2D eigenvalue weighted by atomic mass is 9.42. The molecule has 36 heavy (non-hydrogen) atoms. The van der Waals surface area contributed by atoms with Gasteiger partial charge in [0.2, 0.25) is 5.71 Å². The molecule has 0 radical (unpaired) electrons. The van der Waals surface area contributed by atoms with E-state index < -0.39 is 13.2 Å². The molecule has 3 nitrogen and oxygen atoms in total. The molecule has 6 rings (SSSR count). The van der Waals surface area contributed by atoms with E-state index in [4.69, 9.17) is 8.53 Å². The van der Waals surface area contributed by atoms with E-state index in [0.717, 1.165) is 42.0 Å². The Bertz CT molecular complexity index is 1590. The van der Waals surface area contributed by atoms with Crippen molar-refractivity contribution in [3.8, 4) is 11.3 Å². The second-order valence-electron chi connectivity index (χ2n) is 12.4. The van der Waals surface area contributed by atoms with Crippen molar-refractivity contribution < 1.29 is 11.3 Å². The van der Waals surface area contributed by atoms with Crippen molar-refractivity contribution in [1.82, 2.24) is 9.97 Å². The van der Waals surface area contributed by atoms with Gasteiger partial charge in [-0.3, -0.25) is 4.98 Å². The topological polar surface area (TPSA) is 38.9 Å². The van der Waals surface area contributed by atoms with Crippen LogP contribution in [0.3, 0.4) is 0 Å². The van der Waals surface area contributed by atoms with Gasteiger partial charge in [0.1, 0.15) is 5.58 Å². The number of pyridine rings is 2. The normalized spacial score (nSPS) is 24.2. The summed E-state index contributed by atoms with van der Waals surface area (Å²) in [5.74, 6) is -0.0543. The predicted molar refractivity (Wildman–Crippen MR) is 149 cm³/mol. The first-order chi connectivity index (χ1) is 19.2. The molecular formula is C33H40N2O. The highest BCUT2D eigenvalue weighted by molar-refractivity contribution is 6.08. The Morgan fingerprint density at radius 2 is 1.75 bits per heavy atom. The fourth-order valence-electron chi connectivity index (χ4n) is 7.76. The van der Waals surface area contributed by atoms with Crippen LogP contribution in [0, 0.1) is 29.0 Å². The molecule has 1 aromatic carbocycles. The second-order valence-corrected chi connectivity index (χ2v) is 12.4. The van der Waals surface area contributed by atoms with Crippen LogP contribution in [0.1, 0.15) is 90.8 Å². The van der Waals surface area contributed by atoms with Gasteiger partial charge < -0.3 is 4.42 Å². The lowest BCUT2D eigenvalue weighted by Gasteiger charge is -2.62. The summed E-state index contributed by atoms with van der Waals surface area (Å²) >= 11 is 0. The van der Waals surface area contributed by atoms with Crippen molar-refractivity contribution in [2.24, 2.45) is 22.2 Å². The molecule has 0 bridgehead atoms. The van der Waals surface area contributed by atoms with Gasteiger partial charge in [0.25, 0.3) is 0 Å². The van der Waals surface area contributed by atoms with E-state index in [2.05, 4.69) is 37.7 Å². The molecule has 3 heterocycles. The fraction of sp³-hybridized carbons (Fsp3) is 0.515. The number of rotatable bonds is 3. The smallest absolute Gasteiger partial charge is 0.227 e. The van der Waals surface area contributed by atoms with E-state index in [9.17, 15) is 2.74 Å². The number of nitrogens with zero attached hydrogens (tertiary/aromatic N) is 2. The fourth-order valence-corrected chi connectivity index (χ4v) is 7.76. The van der Waals surface area contributed by atoms with E-state index in [1.54, 1.807) is 12.3 Å². The van der Waals surface area contributed by atoms with Crippen LogP contribution in [-0.4, -0.2) is 9.97 Å². The molecular weight excluding hydrogens is 440 g/mol. The highest BCUT2D eigenvalue weighted by atomic mass is 16.3. The molecule has 0 amide bonds. The molecule has 0 saturated heterocycles. The van der Waals surface area contributed by atoms with Gasteiger partial charge in [-0.05, 0) is 110 Å². The highest BCUT2D eigenvalue weighted by Gasteiger charge is 2.56. The Hall–Kier alpha value is -2.68. The maximum atomic E-state index is 9.31. The predicted octanol–water partition coefficient (Wildman–Crippen LogP) is 9.31. The molecule has 2 aliphatic carbocycles. The van der Waals surface area contributed by atoms with Gasteiger partial charge in [0.15, 0.2) is 0 Å². The van der Waals surface area contributed by atoms with Gasteiger partial charge in [-0.25, -0.2) is 4.98 Å². The van der Waals surface area contributed by atoms with E-state index >= 15 is 0 Å². The van der Waals surface area contributed by atoms with Crippen LogP contribution in [0.25, 0.3) is 33.3 Å². The number of fused-ring (bicyclic) bond motifs is 3. The molecule has 0 atom stereocenters. The summed E-state index contributed by atoms with van der Waals surface area (Å²) in [4.78, 5) is 8.90. The molecule has 1 spiro atoms. The summed E-state index contributed by atoms with van der Waals surface area (Å²) in [5, 5.41) is 1.57. The Kier molecular flexibility index (Phi) is 4.34. The standard InChI is InChI=1S/C33H40N2O/c1-22-10-11-26-25-8-6-9-27(29(25)36-30(26)35-22)28-21-24(14-19-34-28)20-23-12-17-33(18-13-23)31(2,3)15-7-16-32(33,4)5/h6,8-11,14,19,21,23H,7,12-13,15-18,20H2,1-5H3/i1D3,20D2. The molecule has 4 aromatic rings. The summed E-state index contributed by atoms with van der Waals surface area (Å²) < 4.78 is 47.8. The summed E-state index contributed by atoms with van der Waals surface area (Å²) in [5.41, 5.74) is 3.63. The van der Waals surface area contributed by atoms with Crippen LogP contribution in [0.5, 0.6) is 0 Å². The number of benzene rings is 1. The van der Waals surface area contributed by atoms with Crippen molar-refractivity contribution >= 4 is 22.1 Å². The van der Waals surface area contributed by atoms with Gasteiger partial charge in [-0.1, -0.05) is 46.2 Å². The minimum atomic E-state index is -2.32. The number of aromatic nitrogens is 2. The number of hydrogen-bond donors (Lipinski definition) is 0. The summed E-state index contributed by atoms with van der Waals surface area (Å²) in [6.07, 6.45) is 7.89. The lowest BCUT2D eigenvalue weighted by molar-refractivity contribution is -0.126. The highest BCUT2D eigenvalue weighted by Crippen LogP contribution is 2.66. The van der Waals surface area contributed by atoms with Crippen LogP contribution in [0.4, 0.5) is 0 Å². The van der Waals surface area contributed by atoms with Gasteiger partial charge in [0, 0.05) is 35.1 Å². The third-order valence-corrected chi connectivity index (χ3v) is 9.80. The van der Waals surface area contributed by atoms with Crippen molar-refractivity contribution in [1.29, 1.82) is 0 Å². The average Bonchev–Trinajstić information content (AvgIpc) is 3.30. The van der Waals surface area contributed by atoms with Gasteiger partial charge >= 0.3 is 0 Å². The Morgan fingerprint density at radius 1 is 0.972 bits per heavy atom. The third kappa shape index (κ3) is 3.69. The third-order valence-electron chi connectivity index (χ3n) is 9.80. The molecule has 2 saturated carbocycles. The maximum absolute atomic E-state index is 9.31. The van der Waals surface area contributed by atoms with Crippen molar-refractivity contribution in [3.05, 3.63) is 59.9 Å². The molecule has 0 aliphatic heterocycles. The van der Waals surface area contributed by atoms with Gasteiger partial charge in [0.05, 0.1) is 5.69 Å². The van der Waals surface area contributed by atoms with Crippen molar-refractivity contribution in [2.45, 2.75) is 85.9 Å². The molecule has 188 valence electrons. The monoisotopic (exact) mass is 485 g/mol. The number of aryl methyl sites for hydroxylation is 1. The van der Waals surface area contributed by atoms with Crippen molar-refractivity contribution in [2.75, 3.05) is 0 Å². The molecule has 0 unspecified atom stereocenters. The molecule has 2 aliphatic rings. The van der Waals surface area contributed by atoms with Crippen LogP contribution in [0.2, 0.25) is 0 Å². The zero-order valence-electron chi connectivity index (χ0n) is 26.9. The van der Waals surface area contributed by atoms with Crippen LogP contribution in [0.15, 0.2) is 53.1 Å². The molecule has 2 fully saturated rings. The zero-order chi connectivity index (χ0) is 29.4. The van der Waals surface area contributed by atoms with E-state index in [1.807, 2.05) is 30.3 Å². The summed E-state index contributed by atoms with van der Waals surface area (Å²) in [6, 6.07) is 12.7. The number of hydrogen-bond acceptors (Lipinski definition) is 3. The van der Waals surface area contributed by atoms with Gasteiger partial charge in [-0.2, -0.15) is 0 Å². The SMILES string of the molecule is [2H]C([2H])([2H])c1ccc2c(n1)oc1c(-c3cc(C([2H])([2H])C4CCC5(CC4)C(C)(C)CCCC5(C)C)ccn3)cccc12. The molecule has 3 aromatic heterocycles. The summed E-state index contributed by atoms with van der Waals surface area (Å²) in [7, 11) is 0. The van der Waals surface area contributed by atoms with Crippen LogP contribution < -0.4 is 0 Å². The van der Waals surface area contributed by atoms with Gasteiger partial charge in [-0.15, -0.1) is 0 Å². The first-order valence-corrected chi connectivity index (χ1v) is 13.5.